The number of carbonyl (C=O) groups excluding carboxylic acids is 1. The van der Waals surface area contributed by atoms with E-state index in [-0.39, 0.29) is 24.0 Å². The van der Waals surface area contributed by atoms with Gasteiger partial charge in [-0.05, 0) is 29.8 Å². The highest BCUT2D eigenvalue weighted by Crippen LogP contribution is 2.28. The molecule has 4 rings (SSSR count). The summed E-state index contributed by atoms with van der Waals surface area (Å²) in [7, 11) is -1.73. The maximum absolute atomic E-state index is 11.0. The molecular formula is C21H23BN6O4. The smallest absolute Gasteiger partial charge is 0.461 e. The van der Waals surface area contributed by atoms with E-state index in [9.17, 15) is 14.8 Å². The second-order valence-electron chi connectivity index (χ2n) is 6.46. The van der Waals surface area contributed by atoms with Crippen LogP contribution < -0.4 is 11.3 Å². The number of imidazole rings is 1. The lowest BCUT2D eigenvalue weighted by Crippen LogP contribution is -2.32. The average Bonchev–Trinajstić information content (AvgIpc) is 3.18. The summed E-state index contributed by atoms with van der Waals surface area (Å²) in [6.07, 6.45) is 2.99. The Morgan fingerprint density at radius 2 is 1.75 bits per heavy atom. The molecule has 11 heteroatoms. The van der Waals surface area contributed by atoms with Crippen LogP contribution in [0.1, 0.15) is 26.3 Å². The Morgan fingerprint density at radius 1 is 1.06 bits per heavy atom. The Hall–Kier alpha value is -3.83. The number of pyridine rings is 1. The van der Waals surface area contributed by atoms with Crippen molar-refractivity contribution in [3.05, 3.63) is 54.4 Å². The Kier molecular flexibility index (Phi) is 7.13. The second kappa shape index (κ2) is 9.99. The van der Waals surface area contributed by atoms with E-state index < -0.39 is 7.12 Å². The third kappa shape index (κ3) is 4.74. The number of nitrogens with two attached hydrogens (primary N) is 1. The maximum Gasteiger partial charge on any atom is 0.508 e. The normalized spacial score (nSPS) is 10.4. The highest BCUT2D eigenvalue weighted by Gasteiger charge is 2.21. The molecule has 4 aromatic rings. The summed E-state index contributed by atoms with van der Waals surface area (Å²) in [5, 5.41) is 19.1. The number of hydrogen-bond acceptors (Lipinski definition) is 9. The summed E-state index contributed by atoms with van der Waals surface area (Å²) in [4.78, 5) is 28.3. The van der Waals surface area contributed by atoms with Crippen molar-refractivity contribution in [3.63, 3.8) is 0 Å². The molecule has 0 atom stereocenters. The van der Waals surface area contributed by atoms with Crippen molar-refractivity contribution in [2.45, 2.75) is 27.4 Å². The topological polar surface area (TPSA) is 149 Å². The second-order valence-corrected chi connectivity index (χ2v) is 6.46. The minimum atomic E-state index is -1.73. The largest absolute Gasteiger partial charge is 0.508 e. The lowest BCUT2D eigenvalue weighted by molar-refractivity contribution is -0.142. The van der Waals surface area contributed by atoms with Crippen LogP contribution in [-0.4, -0.2) is 47.6 Å². The van der Waals surface area contributed by atoms with E-state index in [1.54, 1.807) is 34.9 Å². The monoisotopic (exact) mass is 434 g/mol. The van der Waals surface area contributed by atoms with Gasteiger partial charge in [0.1, 0.15) is 17.8 Å². The molecule has 32 heavy (non-hydrogen) atoms. The van der Waals surface area contributed by atoms with Gasteiger partial charge in [-0.3, -0.25) is 9.36 Å². The molecule has 0 saturated heterocycles. The number of esters is 1. The maximum atomic E-state index is 11.0. The van der Waals surface area contributed by atoms with Crippen LogP contribution in [0.3, 0.4) is 0 Å². The molecule has 0 aliphatic carbocycles. The Bertz CT molecular complexity index is 1230. The Morgan fingerprint density at radius 3 is 2.38 bits per heavy atom. The molecule has 0 radical (unpaired) electrons. The van der Waals surface area contributed by atoms with Gasteiger partial charge >= 0.3 is 13.1 Å². The van der Waals surface area contributed by atoms with Crippen molar-refractivity contribution in [1.82, 2.24) is 24.5 Å². The molecule has 4 N–H and O–H groups in total. The lowest BCUT2D eigenvalue weighted by Gasteiger charge is -2.11. The zero-order chi connectivity index (χ0) is 23.3. The number of aromatic nitrogens is 5. The van der Waals surface area contributed by atoms with Crippen LogP contribution in [0.15, 0.2) is 48.8 Å². The van der Waals surface area contributed by atoms with Gasteiger partial charge in [0.05, 0.1) is 5.59 Å². The van der Waals surface area contributed by atoms with E-state index in [0.717, 1.165) is 5.56 Å². The van der Waals surface area contributed by atoms with Gasteiger partial charge in [-0.2, -0.15) is 0 Å². The molecule has 0 aliphatic rings. The molecule has 0 amide bonds. The lowest BCUT2D eigenvalue weighted by atomic mass is 9.86. The summed E-state index contributed by atoms with van der Waals surface area (Å²) in [5.41, 5.74) is 8.86. The highest BCUT2D eigenvalue weighted by molar-refractivity contribution is 6.57. The van der Waals surface area contributed by atoms with Crippen molar-refractivity contribution in [3.8, 4) is 17.2 Å². The Labute approximate surface area is 184 Å². The predicted octanol–water partition coefficient (Wildman–Crippen LogP) is 1.23. The summed E-state index contributed by atoms with van der Waals surface area (Å²) in [6.45, 7) is 5.51. The first-order chi connectivity index (χ1) is 15.4. The van der Waals surface area contributed by atoms with Crippen molar-refractivity contribution in [1.29, 1.82) is 0 Å². The molecular weight excluding hydrogens is 411 g/mol. The van der Waals surface area contributed by atoms with Gasteiger partial charge in [-0.25, -0.2) is 19.9 Å². The zero-order valence-electron chi connectivity index (χ0n) is 17.9. The minimum Gasteiger partial charge on any atom is -0.461 e. The van der Waals surface area contributed by atoms with Crippen molar-refractivity contribution < 1.29 is 19.6 Å². The molecule has 3 heterocycles. The molecule has 0 bridgehead atoms. The summed E-state index contributed by atoms with van der Waals surface area (Å²) >= 11 is 0. The third-order valence-corrected chi connectivity index (χ3v) is 4.37. The number of ether oxygens (including phenoxy) is 1. The summed E-state index contributed by atoms with van der Waals surface area (Å²) < 4.78 is 6.72. The van der Waals surface area contributed by atoms with Gasteiger partial charge in [0.25, 0.3) is 0 Å². The fourth-order valence-electron chi connectivity index (χ4n) is 2.97. The number of rotatable bonds is 5. The molecule has 0 aliphatic heterocycles. The molecule has 3 aromatic heterocycles. The first-order valence-electron chi connectivity index (χ1n) is 9.99. The highest BCUT2D eigenvalue weighted by atomic mass is 16.5. The molecule has 1 aromatic carbocycles. The Balaban J connectivity index is 0.00000141. The number of nitrogens with zero attached hydrogens (tertiary/aromatic N) is 5. The minimum absolute atomic E-state index is 0.0776. The number of fused-ring (bicyclic) bond motifs is 1. The number of carbonyl (C=O) groups is 1. The van der Waals surface area contributed by atoms with Crippen LogP contribution in [-0.2, 0) is 16.1 Å². The quantitative estimate of drug-likeness (QED) is 0.311. The van der Waals surface area contributed by atoms with Crippen molar-refractivity contribution in [2.75, 3.05) is 5.73 Å². The summed E-state index contributed by atoms with van der Waals surface area (Å²) in [5.74, 6) is 0.239. The molecule has 164 valence electrons. The molecule has 0 saturated carbocycles. The number of anilines is 1. The number of nitrogen functional groups attached to an aromatic ring is 1. The van der Waals surface area contributed by atoms with Crippen LogP contribution in [0, 0.1) is 0 Å². The van der Waals surface area contributed by atoms with E-state index in [1.807, 2.05) is 13.8 Å². The van der Waals surface area contributed by atoms with Crippen LogP contribution >= 0.6 is 0 Å². The fourth-order valence-corrected chi connectivity index (χ4v) is 2.97. The fraction of sp³-hybridized carbons (Fsp3) is 0.190. The summed E-state index contributed by atoms with van der Waals surface area (Å²) in [6, 6.07) is 10.3. The first-order valence-corrected chi connectivity index (χ1v) is 9.99. The van der Waals surface area contributed by atoms with E-state index in [2.05, 4.69) is 19.9 Å². The zero-order valence-corrected chi connectivity index (χ0v) is 17.9. The van der Waals surface area contributed by atoms with Crippen LogP contribution in [0.2, 0.25) is 0 Å². The third-order valence-electron chi connectivity index (χ3n) is 4.37. The first kappa shape index (κ1) is 22.9. The predicted molar refractivity (Wildman–Crippen MR) is 121 cm³/mol. The molecule has 10 nitrogen and oxygen atoms in total. The van der Waals surface area contributed by atoms with Gasteiger partial charge in [-0.15, -0.1) is 0 Å². The van der Waals surface area contributed by atoms with Crippen LogP contribution in [0.5, 0.6) is 0 Å². The van der Waals surface area contributed by atoms with Crippen molar-refractivity contribution in [2.24, 2.45) is 0 Å². The average molecular weight is 434 g/mol. The van der Waals surface area contributed by atoms with E-state index >= 15 is 0 Å². The van der Waals surface area contributed by atoms with Gasteiger partial charge in [0, 0.05) is 25.0 Å². The number of hydrogen-bond donors (Lipinski definition) is 3. The molecule has 0 unspecified atom stereocenters. The van der Waals surface area contributed by atoms with E-state index in [0.29, 0.717) is 28.4 Å². The van der Waals surface area contributed by atoms with Crippen molar-refractivity contribution >= 4 is 35.7 Å². The number of benzene rings is 1. The van der Waals surface area contributed by atoms with Gasteiger partial charge in [-0.1, -0.05) is 26.0 Å². The van der Waals surface area contributed by atoms with E-state index in [4.69, 9.17) is 10.5 Å². The van der Waals surface area contributed by atoms with Gasteiger partial charge < -0.3 is 20.5 Å². The molecule has 0 fully saturated rings. The van der Waals surface area contributed by atoms with Crippen LogP contribution in [0.4, 0.5) is 5.82 Å². The van der Waals surface area contributed by atoms with Crippen LogP contribution in [0.25, 0.3) is 28.4 Å². The standard InChI is InChI=1S/C19H17BN6O4.C2H6/c1-11(27)30-10-12-2-4-13(5-3-12)26-18-14(6-7-15(25-18)20(28)29)24-19(26)16-17(21)23-9-8-22-16;1-2/h2-9,28-29H,10H2,1H3,(H2,21,23);1-2H3. The van der Waals surface area contributed by atoms with Gasteiger partial charge in [0.15, 0.2) is 17.3 Å². The van der Waals surface area contributed by atoms with Gasteiger partial charge in [0.2, 0.25) is 0 Å². The SMILES string of the molecule is CC.CC(=O)OCc1ccc(-n2c(-c3nccnc3N)nc3ccc(B(O)O)nc32)cc1. The molecule has 0 spiro atoms. The van der Waals surface area contributed by atoms with E-state index in [1.165, 1.54) is 25.4 Å².